The van der Waals surface area contributed by atoms with Gasteiger partial charge in [-0.2, -0.15) is 0 Å². The van der Waals surface area contributed by atoms with Crippen LogP contribution in [-0.4, -0.2) is 0 Å². The van der Waals surface area contributed by atoms with Gasteiger partial charge in [0.1, 0.15) is 11.6 Å². The molecule has 0 aliphatic rings. The number of allylic oxidation sites excluding steroid dienone is 1. The maximum Gasteiger partial charge on any atom is 0.183 e. The molecule has 1 N–H and O–H groups in total. The fourth-order valence-electron chi connectivity index (χ4n) is 3.37. The van der Waals surface area contributed by atoms with E-state index >= 15 is 4.39 Å². The second-order valence-electron chi connectivity index (χ2n) is 7.40. The predicted octanol–water partition coefficient (Wildman–Crippen LogP) is 7.48. The number of hydrogen-bond donors (Lipinski definition) is 1. The third-order valence-electron chi connectivity index (χ3n) is 5.05. The average molecular weight is 413 g/mol. The van der Waals surface area contributed by atoms with E-state index in [1.807, 2.05) is 6.92 Å². The van der Waals surface area contributed by atoms with Crippen molar-refractivity contribution in [3.8, 4) is 0 Å². The molecule has 0 radical (unpaired) electrons. The van der Waals surface area contributed by atoms with Gasteiger partial charge in [0.05, 0.1) is 11.4 Å². The number of rotatable bonds is 6. The molecular formula is C25H23F4N. The summed E-state index contributed by atoms with van der Waals surface area (Å²) in [5.41, 5.74) is 2.10. The van der Waals surface area contributed by atoms with E-state index in [1.54, 1.807) is 38.1 Å². The molecule has 30 heavy (non-hydrogen) atoms. The molecule has 0 saturated heterocycles. The average Bonchev–Trinajstić information content (AvgIpc) is 2.70. The van der Waals surface area contributed by atoms with Crippen LogP contribution in [-0.2, 0) is 12.8 Å². The van der Waals surface area contributed by atoms with E-state index in [9.17, 15) is 13.2 Å². The lowest BCUT2D eigenvalue weighted by molar-refractivity contribution is 0.502. The Morgan fingerprint density at radius 1 is 0.900 bits per heavy atom. The van der Waals surface area contributed by atoms with Crippen LogP contribution in [0.15, 0.2) is 49.0 Å². The van der Waals surface area contributed by atoms with Crippen LogP contribution < -0.4 is 5.32 Å². The summed E-state index contributed by atoms with van der Waals surface area (Å²) in [5, 5.41) is 2.65. The zero-order valence-corrected chi connectivity index (χ0v) is 17.2. The molecule has 3 aromatic rings. The van der Waals surface area contributed by atoms with Gasteiger partial charge in [0.15, 0.2) is 11.6 Å². The lowest BCUT2D eigenvalue weighted by Crippen LogP contribution is -2.07. The normalized spacial score (nSPS) is 10.9. The molecular weight excluding hydrogens is 390 g/mol. The molecule has 3 rings (SSSR count). The molecule has 0 saturated carbocycles. The molecule has 0 heterocycles. The van der Waals surface area contributed by atoms with Crippen LogP contribution in [0.5, 0.6) is 0 Å². The third-order valence-corrected chi connectivity index (χ3v) is 5.05. The highest BCUT2D eigenvalue weighted by molar-refractivity contribution is 5.78. The predicted molar refractivity (Wildman–Crippen MR) is 114 cm³/mol. The van der Waals surface area contributed by atoms with E-state index in [0.29, 0.717) is 28.7 Å². The zero-order chi connectivity index (χ0) is 22.0. The topological polar surface area (TPSA) is 12.0 Å². The first kappa shape index (κ1) is 21.6. The van der Waals surface area contributed by atoms with Gasteiger partial charge >= 0.3 is 0 Å². The van der Waals surface area contributed by atoms with Crippen molar-refractivity contribution in [1.29, 1.82) is 0 Å². The Kier molecular flexibility index (Phi) is 6.30. The second-order valence-corrected chi connectivity index (χ2v) is 7.40. The minimum absolute atomic E-state index is 0.00702. The van der Waals surface area contributed by atoms with E-state index in [4.69, 9.17) is 0 Å². The number of halogens is 4. The van der Waals surface area contributed by atoms with Crippen LogP contribution in [0.4, 0.5) is 28.9 Å². The summed E-state index contributed by atoms with van der Waals surface area (Å²) < 4.78 is 58.8. The Morgan fingerprint density at radius 2 is 1.60 bits per heavy atom. The highest BCUT2D eigenvalue weighted by atomic mass is 19.2. The van der Waals surface area contributed by atoms with Crippen molar-refractivity contribution >= 4 is 16.9 Å². The Labute approximate surface area is 174 Å². The summed E-state index contributed by atoms with van der Waals surface area (Å²) in [4.78, 5) is 0. The Balaban J connectivity index is 2.07. The minimum atomic E-state index is -1.16. The van der Waals surface area contributed by atoms with E-state index in [1.165, 1.54) is 18.2 Å². The van der Waals surface area contributed by atoms with Gasteiger partial charge < -0.3 is 5.32 Å². The van der Waals surface area contributed by atoms with Crippen LogP contribution in [0, 0.1) is 30.2 Å². The molecule has 0 fully saturated rings. The quantitative estimate of drug-likeness (QED) is 0.413. The van der Waals surface area contributed by atoms with E-state index in [2.05, 4.69) is 11.9 Å². The van der Waals surface area contributed by atoms with Crippen molar-refractivity contribution in [2.24, 2.45) is 0 Å². The summed E-state index contributed by atoms with van der Waals surface area (Å²) in [7, 11) is 0. The smallest absolute Gasteiger partial charge is 0.183 e. The Morgan fingerprint density at radius 3 is 2.23 bits per heavy atom. The van der Waals surface area contributed by atoms with E-state index in [-0.39, 0.29) is 28.9 Å². The van der Waals surface area contributed by atoms with E-state index in [0.717, 1.165) is 0 Å². The molecule has 1 nitrogen and oxygen atoms in total. The molecule has 0 aliphatic carbocycles. The summed E-state index contributed by atoms with van der Waals surface area (Å²) in [5.74, 6) is -3.25. The summed E-state index contributed by atoms with van der Waals surface area (Å²) in [6.07, 6.45) is 0.389. The maximum absolute atomic E-state index is 15.0. The zero-order valence-electron chi connectivity index (χ0n) is 17.2. The molecule has 0 unspecified atom stereocenters. The molecule has 3 aromatic carbocycles. The molecule has 0 aliphatic heterocycles. The lowest BCUT2D eigenvalue weighted by Gasteiger charge is -2.17. The number of benzene rings is 3. The maximum atomic E-state index is 15.0. The molecule has 5 heteroatoms. The summed E-state index contributed by atoms with van der Waals surface area (Å²) >= 11 is 0. The molecule has 0 spiro atoms. The first-order valence-corrected chi connectivity index (χ1v) is 9.69. The van der Waals surface area contributed by atoms with Crippen LogP contribution in [0.25, 0.3) is 5.57 Å². The fraction of sp³-hybridized carbons (Fsp3) is 0.200. The van der Waals surface area contributed by atoms with Gasteiger partial charge in [0, 0.05) is 12.0 Å². The SMILES string of the molecule is C=C(C)c1cc(Cc2cccc(CC)c2F)c(F)c(F)c1Nc1ccc(C)cc1F. The molecule has 0 atom stereocenters. The van der Waals surface area contributed by atoms with Crippen molar-refractivity contribution < 1.29 is 17.6 Å². The lowest BCUT2D eigenvalue weighted by atomic mass is 9.96. The standard InChI is InChI=1S/C25H23F4N/c1-5-16-7-6-8-17(22(16)27)12-18-13-19(14(2)3)25(24(29)23(18)28)30-21-10-9-15(4)11-20(21)26/h6-11,13,30H,2,5,12H2,1,3-4H3. The van der Waals surface area contributed by atoms with Crippen LogP contribution in [0.3, 0.4) is 0 Å². The number of aryl methyl sites for hydroxylation is 2. The van der Waals surface area contributed by atoms with Crippen LogP contribution >= 0.6 is 0 Å². The van der Waals surface area contributed by atoms with Crippen molar-refractivity contribution in [3.05, 3.63) is 100 Å². The summed E-state index contributed by atoms with van der Waals surface area (Å²) in [6.45, 7) is 9.03. The summed E-state index contributed by atoms with van der Waals surface area (Å²) in [6, 6.07) is 10.8. The first-order valence-electron chi connectivity index (χ1n) is 9.69. The van der Waals surface area contributed by atoms with Gasteiger partial charge in [0.25, 0.3) is 0 Å². The molecule has 156 valence electrons. The van der Waals surface area contributed by atoms with Crippen molar-refractivity contribution in [1.82, 2.24) is 0 Å². The van der Waals surface area contributed by atoms with Gasteiger partial charge in [-0.3, -0.25) is 0 Å². The monoisotopic (exact) mass is 413 g/mol. The van der Waals surface area contributed by atoms with Crippen LogP contribution in [0.1, 0.15) is 41.7 Å². The van der Waals surface area contributed by atoms with Crippen molar-refractivity contribution in [3.63, 3.8) is 0 Å². The van der Waals surface area contributed by atoms with Gasteiger partial charge in [-0.25, -0.2) is 17.6 Å². The van der Waals surface area contributed by atoms with Crippen LogP contribution in [0.2, 0.25) is 0 Å². The van der Waals surface area contributed by atoms with Gasteiger partial charge in [-0.15, -0.1) is 0 Å². The highest BCUT2D eigenvalue weighted by Crippen LogP contribution is 2.34. The molecule has 0 bridgehead atoms. The largest absolute Gasteiger partial charge is 0.350 e. The number of hydrogen-bond acceptors (Lipinski definition) is 1. The first-order chi connectivity index (χ1) is 14.2. The second kappa shape index (κ2) is 8.74. The molecule has 0 aromatic heterocycles. The Bertz CT molecular complexity index is 1120. The van der Waals surface area contributed by atoms with Gasteiger partial charge in [-0.05, 0) is 66.3 Å². The fourth-order valence-corrected chi connectivity index (χ4v) is 3.37. The van der Waals surface area contributed by atoms with Crippen molar-refractivity contribution in [2.75, 3.05) is 5.32 Å². The Hall–Kier alpha value is -3.08. The number of anilines is 2. The van der Waals surface area contributed by atoms with Crippen molar-refractivity contribution in [2.45, 2.75) is 33.6 Å². The highest BCUT2D eigenvalue weighted by Gasteiger charge is 2.21. The minimum Gasteiger partial charge on any atom is -0.350 e. The van der Waals surface area contributed by atoms with Gasteiger partial charge in [-0.1, -0.05) is 37.8 Å². The number of nitrogens with one attached hydrogen (secondary N) is 1. The van der Waals surface area contributed by atoms with E-state index < -0.39 is 23.3 Å². The molecule has 0 amide bonds. The van der Waals surface area contributed by atoms with Gasteiger partial charge in [0.2, 0.25) is 0 Å². The third kappa shape index (κ3) is 4.25.